The molecule has 1 rings (SSSR count). The molecule has 0 aromatic carbocycles. The van der Waals surface area contributed by atoms with Gasteiger partial charge in [-0.3, -0.25) is 0 Å². The second-order valence-electron chi connectivity index (χ2n) is 1.59. The Morgan fingerprint density at radius 3 is 3.17 bits per heavy atom. The van der Waals surface area contributed by atoms with Gasteiger partial charge in [-0.15, -0.1) is 0 Å². The summed E-state index contributed by atoms with van der Waals surface area (Å²) < 4.78 is 58.9. The van der Waals surface area contributed by atoms with E-state index in [4.69, 9.17) is 9.60 Å². The summed E-state index contributed by atoms with van der Waals surface area (Å²) in [7, 11) is -3.11. The first-order chi connectivity index (χ1) is 8.43. The Morgan fingerprint density at radius 1 is 1.58 bits per heavy atom. The number of methoxy groups -OCH3 is 1. The van der Waals surface area contributed by atoms with Crippen molar-refractivity contribution >= 4 is 15.9 Å². The Morgan fingerprint density at radius 2 is 2.50 bits per heavy atom. The average Bonchev–Trinajstić information content (AvgIpc) is 2.17. The third kappa shape index (κ3) is 3.15. The van der Waals surface area contributed by atoms with Crippen molar-refractivity contribution in [2.45, 2.75) is 0 Å². The summed E-state index contributed by atoms with van der Waals surface area (Å²) in [5.41, 5.74) is 0. The van der Waals surface area contributed by atoms with Crippen LogP contribution in [0.1, 0.15) is 9.60 Å². The van der Waals surface area contributed by atoms with Crippen LogP contribution in [0.4, 0.5) is 0 Å². The van der Waals surface area contributed by atoms with E-state index >= 15 is 0 Å². The Balaban J connectivity index is 2.87. The van der Waals surface area contributed by atoms with Crippen LogP contribution in [0, 0.1) is 0 Å². The van der Waals surface area contributed by atoms with Crippen LogP contribution in [0.15, 0.2) is 17.0 Å². The minimum atomic E-state index is -3.20. The van der Waals surface area contributed by atoms with Crippen LogP contribution in [0.5, 0.6) is 5.88 Å². The van der Waals surface area contributed by atoms with Gasteiger partial charge in [-0.1, -0.05) is 0 Å². The summed E-state index contributed by atoms with van der Waals surface area (Å²) in [6.45, 7) is -6.27. The normalized spacial score (nSPS) is 21.9. The predicted molar refractivity (Wildman–Crippen MR) is 47.1 cm³/mol. The molecular weight excluding hydrogens is 224 g/mol. The van der Waals surface area contributed by atoms with Crippen molar-refractivity contribution in [2.24, 2.45) is 0 Å². The van der Waals surface area contributed by atoms with Gasteiger partial charge >= 0.3 is 0 Å². The number of aromatic nitrogens is 2. The Hall–Kier alpha value is -0.680. The monoisotopic (exact) mass is 239 g/mol. The lowest BCUT2D eigenvalue weighted by Crippen LogP contribution is -2.05. The van der Waals surface area contributed by atoms with Crippen molar-refractivity contribution in [1.82, 2.24) is 9.97 Å². The zero-order chi connectivity index (χ0) is 14.9. The van der Waals surface area contributed by atoms with E-state index in [0.717, 1.165) is 6.20 Å². The van der Waals surface area contributed by atoms with E-state index in [1.54, 1.807) is 0 Å². The molecule has 4 nitrogen and oxygen atoms in total. The lowest BCUT2D eigenvalue weighted by molar-refractivity contribution is 0.143. The van der Waals surface area contributed by atoms with Gasteiger partial charge in [0, 0.05) is 7.04 Å². The maximum absolute atomic E-state index is 7.41. The first-order valence-electron chi connectivity index (χ1n) is 6.30. The van der Waals surface area contributed by atoms with Gasteiger partial charge in [-0.05, 0) is 15.9 Å². The fraction of sp³-hybridized carbons (Fsp3) is 0.429. The van der Waals surface area contributed by atoms with E-state index in [0.29, 0.717) is 4.60 Å². The van der Waals surface area contributed by atoms with Crippen LogP contribution in [0.2, 0.25) is 0 Å². The Kier molecular flexibility index (Phi) is 1.51. The van der Waals surface area contributed by atoms with Gasteiger partial charge in [0.15, 0.2) is 0 Å². The minimum absolute atomic E-state index is 0.314. The van der Waals surface area contributed by atoms with Gasteiger partial charge in [0.2, 0.25) is 5.88 Å². The average molecular weight is 240 g/mol. The van der Waals surface area contributed by atoms with Crippen molar-refractivity contribution in [2.75, 3.05) is 20.2 Å². The molecule has 0 aliphatic rings. The molecule has 66 valence electrons. The highest BCUT2D eigenvalue weighted by molar-refractivity contribution is 9.10. The molecule has 0 unspecified atom stereocenters. The number of rotatable bonds is 4. The maximum atomic E-state index is 7.41. The molecule has 12 heavy (non-hydrogen) atoms. The fourth-order valence-corrected chi connectivity index (χ4v) is 0.652. The third-order valence-corrected chi connectivity index (χ3v) is 1.25. The molecule has 0 saturated carbocycles. The first-order valence-corrected chi connectivity index (χ1v) is 3.59. The third-order valence-electron chi connectivity index (χ3n) is 0.845. The largest absolute Gasteiger partial charge is 0.474 e. The van der Waals surface area contributed by atoms with Crippen molar-refractivity contribution < 1.29 is 19.1 Å². The molecule has 0 atom stereocenters. The van der Waals surface area contributed by atoms with Gasteiger partial charge in [0.05, 0.1) is 28.5 Å². The Labute approximate surface area is 88.9 Å². The van der Waals surface area contributed by atoms with Crippen molar-refractivity contribution in [1.29, 1.82) is 0 Å². The smallest absolute Gasteiger partial charge is 0.232 e. The molecule has 0 radical (unpaired) electrons. The molecule has 0 fully saturated rings. The van der Waals surface area contributed by atoms with E-state index in [2.05, 4.69) is 35.4 Å². The number of ether oxygens (including phenoxy) is 2. The van der Waals surface area contributed by atoms with Crippen LogP contribution < -0.4 is 4.74 Å². The molecule has 0 N–H and O–H groups in total. The van der Waals surface area contributed by atoms with Crippen molar-refractivity contribution in [3.05, 3.63) is 17.0 Å². The molecule has 1 aromatic rings. The summed E-state index contributed by atoms with van der Waals surface area (Å²) in [5.74, 6) is -0.314. The van der Waals surface area contributed by atoms with Crippen molar-refractivity contribution in [3.63, 3.8) is 0 Å². The zero-order valence-corrected chi connectivity index (χ0v) is 7.33. The lowest BCUT2D eigenvalue weighted by atomic mass is 10.7. The minimum Gasteiger partial charge on any atom is -0.474 e. The fourth-order valence-electron chi connectivity index (χ4n) is 0.447. The van der Waals surface area contributed by atoms with Gasteiger partial charge in [-0.2, -0.15) is 0 Å². The van der Waals surface area contributed by atoms with E-state index in [9.17, 15) is 0 Å². The summed E-state index contributed by atoms with van der Waals surface area (Å²) in [4.78, 5) is 7.35. The van der Waals surface area contributed by atoms with Gasteiger partial charge in [0.1, 0.15) is 11.2 Å². The summed E-state index contributed by atoms with van der Waals surface area (Å²) in [5, 5.41) is 0. The molecule has 0 spiro atoms. The summed E-state index contributed by atoms with van der Waals surface area (Å²) in [6.07, 6.45) is 2.26. The van der Waals surface area contributed by atoms with E-state index < -0.39 is 20.2 Å². The molecule has 1 aromatic heterocycles. The quantitative estimate of drug-likeness (QED) is 0.794. The zero-order valence-electron chi connectivity index (χ0n) is 12.7. The van der Waals surface area contributed by atoms with Gasteiger partial charge in [-0.25, -0.2) is 9.97 Å². The molecule has 0 amide bonds. The SMILES string of the molecule is [2H]C([2H])([2H])OC([2H])([2H])C([2H])([2H])Oc1cnc(Br)cn1. The number of hydrogen-bond donors (Lipinski definition) is 0. The van der Waals surface area contributed by atoms with E-state index in [1.165, 1.54) is 6.20 Å². The molecule has 0 aliphatic heterocycles. The van der Waals surface area contributed by atoms with Crippen LogP contribution in [-0.2, 0) is 4.74 Å². The molecule has 0 saturated heterocycles. The molecule has 0 aliphatic carbocycles. The van der Waals surface area contributed by atoms with E-state index in [1.807, 2.05) is 0 Å². The highest BCUT2D eigenvalue weighted by Crippen LogP contribution is 2.07. The van der Waals surface area contributed by atoms with Crippen LogP contribution in [0.25, 0.3) is 0 Å². The van der Waals surface area contributed by atoms with Crippen LogP contribution in [0.3, 0.4) is 0 Å². The predicted octanol–water partition coefficient (Wildman–Crippen LogP) is 1.26. The lowest BCUT2D eigenvalue weighted by Gasteiger charge is -2.02. The van der Waals surface area contributed by atoms with Gasteiger partial charge < -0.3 is 9.47 Å². The van der Waals surface area contributed by atoms with Crippen LogP contribution in [-0.4, -0.2) is 30.1 Å². The van der Waals surface area contributed by atoms with Gasteiger partial charge in [0.25, 0.3) is 0 Å². The number of hydrogen-bond acceptors (Lipinski definition) is 4. The van der Waals surface area contributed by atoms with E-state index in [-0.39, 0.29) is 5.88 Å². The first kappa shape index (κ1) is 3.59. The Bertz CT molecular complexity index is 436. The second-order valence-corrected chi connectivity index (χ2v) is 2.40. The molecule has 5 heteroatoms. The molecule has 0 bridgehead atoms. The molecular formula is C7H9BrN2O2. The topological polar surface area (TPSA) is 44.2 Å². The standard InChI is InChI=1S/C7H9BrN2O2/c1-11-2-3-12-7-5-9-6(8)4-10-7/h4-5H,2-3H2,1H3/i1D3,2D2,3D2. The van der Waals surface area contributed by atoms with Crippen LogP contribution >= 0.6 is 15.9 Å². The highest BCUT2D eigenvalue weighted by Gasteiger charge is 1.94. The summed E-state index contributed by atoms with van der Waals surface area (Å²) in [6, 6.07) is 0. The number of halogens is 1. The summed E-state index contributed by atoms with van der Waals surface area (Å²) >= 11 is 3.01. The highest BCUT2D eigenvalue weighted by atomic mass is 79.9. The van der Waals surface area contributed by atoms with Crippen molar-refractivity contribution in [3.8, 4) is 5.88 Å². The second kappa shape index (κ2) is 5.05. The number of nitrogens with zero attached hydrogens (tertiary/aromatic N) is 2. The maximum Gasteiger partial charge on any atom is 0.232 e. The molecule has 1 heterocycles.